The van der Waals surface area contributed by atoms with E-state index in [0.29, 0.717) is 0 Å². The molecule has 0 bridgehead atoms. The average Bonchev–Trinajstić information content (AvgIpc) is 3.21. The molecule has 0 fully saturated rings. The molecule has 0 amide bonds. The zero-order valence-corrected chi connectivity index (χ0v) is 11.4. The molecule has 0 atom stereocenters. The highest BCUT2D eigenvalue weighted by Gasteiger charge is 2.14. The van der Waals surface area contributed by atoms with Crippen LogP contribution < -0.4 is 0 Å². The Labute approximate surface area is 121 Å². The number of aliphatic hydroxyl groups excluding tert-OH is 2. The lowest BCUT2D eigenvalue weighted by Crippen LogP contribution is -2.17. The molecule has 2 heterocycles. The Kier molecular flexibility index (Phi) is 3.81. The lowest BCUT2D eigenvalue weighted by atomic mass is 10.2. The number of imidazole rings is 1. The van der Waals surface area contributed by atoms with Gasteiger partial charge >= 0.3 is 0 Å². The smallest absolute Gasteiger partial charge is 0.140 e. The van der Waals surface area contributed by atoms with Crippen molar-refractivity contribution in [3.63, 3.8) is 0 Å². The van der Waals surface area contributed by atoms with Crippen molar-refractivity contribution in [1.29, 1.82) is 0 Å². The molecule has 0 radical (unpaired) electrons. The van der Waals surface area contributed by atoms with E-state index in [2.05, 4.69) is 10.1 Å². The molecule has 6 heteroatoms. The van der Waals surface area contributed by atoms with E-state index in [-0.39, 0.29) is 19.3 Å². The predicted molar refractivity (Wildman–Crippen MR) is 78.0 cm³/mol. The van der Waals surface area contributed by atoms with Crippen LogP contribution >= 0.6 is 0 Å². The first-order chi connectivity index (χ1) is 10.3. The molecule has 3 rings (SSSR count). The third kappa shape index (κ3) is 2.58. The van der Waals surface area contributed by atoms with Crippen molar-refractivity contribution >= 4 is 0 Å². The summed E-state index contributed by atoms with van der Waals surface area (Å²) in [6.07, 6.45) is 7.03. The number of rotatable bonds is 5. The third-order valence-electron chi connectivity index (χ3n) is 3.38. The van der Waals surface area contributed by atoms with Gasteiger partial charge in [0, 0.05) is 30.4 Å². The van der Waals surface area contributed by atoms with Gasteiger partial charge in [-0.1, -0.05) is 0 Å². The number of hydrogen-bond acceptors (Lipinski definition) is 4. The first kappa shape index (κ1) is 13.5. The summed E-state index contributed by atoms with van der Waals surface area (Å²) >= 11 is 0. The fraction of sp³-hybridized carbons (Fsp3) is 0.200. The van der Waals surface area contributed by atoms with E-state index in [9.17, 15) is 10.2 Å². The summed E-state index contributed by atoms with van der Waals surface area (Å²) in [7, 11) is 0. The van der Waals surface area contributed by atoms with Crippen LogP contribution in [0.2, 0.25) is 0 Å². The van der Waals surface area contributed by atoms with Gasteiger partial charge in [-0.25, -0.2) is 9.67 Å². The van der Waals surface area contributed by atoms with E-state index in [4.69, 9.17) is 0 Å². The second-order valence-electron chi connectivity index (χ2n) is 4.67. The Balaban J connectivity index is 1.93. The van der Waals surface area contributed by atoms with E-state index in [1.165, 1.54) is 0 Å². The van der Waals surface area contributed by atoms with Crippen molar-refractivity contribution in [2.75, 3.05) is 13.2 Å². The maximum Gasteiger partial charge on any atom is 0.140 e. The van der Waals surface area contributed by atoms with Gasteiger partial charge in [0.2, 0.25) is 0 Å². The monoisotopic (exact) mass is 284 g/mol. The molecule has 2 N–H and O–H groups in total. The summed E-state index contributed by atoms with van der Waals surface area (Å²) in [5.41, 5.74) is 1.88. The Morgan fingerprint density at radius 2 is 1.76 bits per heavy atom. The maximum absolute atomic E-state index is 9.32. The van der Waals surface area contributed by atoms with Crippen molar-refractivity contribution in [1.82, 2.24) is 19.3 Å². The van der Waals surface area contributed by atoms with Crippen molar-refractivity contribution in [3.8, 4) is 17.1 Å². The lowest BCUT2D eigenvalue weighted by molar-refractivity contribution is 0.155. The molecule has 0 saturated heterocycles. The Hall–Kier alpha value is -2.44. The average molecular weight is 284 g/mol. The van der Waals surface area contributed by atoms with Crippen LogP contribution in [0.15, 0.2) is 55.1 Å². The van der Waals surface area contributed by atoms with Crippen LogP contribution in [0.3, 0.4) is 0 Å². The molecule has 2 aromatic heterocycles. The number of benzene rings is 1. The molecular weight excluding hydrogens is 268 g/mol. The van der Waals surface area contributed by atoms with E-state index < -0.39 is 0 Å². The highest BCUT2D eigenvalue weighted by atomic mass is 16.3. The van der Waals surface area contributed by atoms with Crippen LogP contribution in [-0.4, -0.2) is 42.8 Å². The quantitative estimate of drug-likeness (QED) is 0.739. The molecule has 3 aromatic rings. The molecule has 0 aliphatic carbocycles. The number of nitrogens with zero attached hydrogens (tertiary/aromatic N) is 4. The molecule has 1 aromatic carbocycles. The van der Waals surface area contributed by atoms with Gasteiger partial charge in [-0.2, -0.15) is 5.10 Å². The van der Waals surface area contributed by atoms with Gasteiger partial charge in [0.1, 0.15) is 5.82 Å². The summed E-state index contributed by atoms with van der Waals surface area (Å²) in [4.78, 5) is 4.31. The van der Waals surface area contributed by atoms with Gasteiger partial charge in [0.05, 0.1) is 24.9 Å². The standard InChI is InChI=1S/C15H16N4O2/c20-10-14(11-21)18-9-7-16-15(18)12-2-4-13(5-3-12)19-8-1-6-17-19/h1-9,14,20-21H,10-11H2. The summed E-state index contributed by atoms with van der Waals surface area (Å²) in [6, 6.07) is 9.28. The molecule has 0 aliphatic rings. The van der Waals surface area contributed by atoms with Gasteiger partial charge < -0.3 is 14.8 Å². The van der Waals surface area contributed by atoms with E-state index in [1.54, 1.807) is 27.8 Å². The molecule has 21 heavy (non-hydrogen) atoms. The third-order valence-corrected chi connectivity index (χ3v) is 3.38. The van der Waals surface area contributed by atoms with Gasteiger partial charge in [-0.3, -0.25) is 0 Å². The lowest BCUT2D eigenvalue weighted by Gasteiger charge is -2.16. The van der Waals surface area contributed by atoms with Crippen LogP contribution in [0.5, 0.6) is 0 Å². The first-order valence-electron chi connectivity index (χ1n) is 6.68. The Morgan fingerprint density at radius 3 is 2.38 bits per heavy atom. The van der Waals surface area contributed by atoms with E-state index >= 15 is 0 Å². The predicted octanol–water partition coefficient (Wildman–Crippen LogP) is 1.26. The van der Waals surface area contributed by atoms with Crippen LogP contribution in [0.1, 0.15) is 6.04 Å². The largest absolute Gasteiger partial charge is 0.394 e. The van der Waals surface area contributed by atoms with Gasteiger partial charge in [-0.15, -0.1) is 0 Å². The van der Waals surface area contributed by atoms with Crippen molar-refractivity contribution in [2.45, 2.75) is 6.04 Å². The maximum atomic E-state index is 9.32. The minimum atomic E-state index is -0.381. The highest BCUT2D eigenvalue weighted by Crippen LogP contribution is 2.22. The van der Waals surface area contributed by atoms with Crippen LogP contribution in [0, 0.1) is 0 Å². The molecule has 0 saturated carbocycles. The molecule has 0 aliphatic heterocycles. The second kappa shape index (κ2) is 5.90. The van der Waals surface area contributed by atoms with Crippen LogP contribution in [-0.2, 0) is 0 Å². The summed E-state index contributed by atoms with van der Waals surface area (Å²) in [6.45, 7) is -0.267. The zero-order chi connectivity index (χ0) is 14.7. The highest BCUT2D eigenvalue weighted by molar-refractivity contribution is 5.58. The fourth-order valence-electron chi connectivity index (χ4n) is 2.25. The van der Waals surface area contributed by atoms with Gasteiger partial charge in [0.15, 0.2) is 0 Å². The summed E-state index contributed by atoms with van der Waals surface area (Å²) < 4.78 is 3.56. The van der Waals surface area contributed by atoms with Gasteiger partial charge in [-0.05, 0) is 30.3 Å². The van der Waals surface area contributed by atoms with Crippen LogP contribution in [0.25, 0.3) is 17.1 Å². The Morgan fingerprint density at radius 1 is 1.00 bits per heavy atom. The SMILES string of the molecule is OCC(CO)n1ccnc1-c1ccc(-n2cccn2)cc1. The van der Waals surface area contributed by atoms with Gasteiger partial charge in [0.25, 0.3) is 0 Å². The van der Waals surface area contributed by atoms with Crippen LogP contribution in [0.4, 0.5) is 0 Å². The fourth-order valence-corrected chi connectivity index (χ4v) is 2.25. The van der Waals surface area contributed by atoms with Crippen molar-refractivity contribution in [2.24, 2.45) is 0 Å². The number of hydrogen-bond donors (Lipinski definition) is 2. The summed E-state index contributed by atoms with van der Waals surface area (Å²) in [5.74, 6) is 0.718. The topological polar surface area (TPSA) is 76.1 Å². The minimum absolute atomic E-state index is 0.134. The van der Waals surface area contributed by atoms with E-state index in [0.717, 1.165) is 17.1 Å². The number of aromatic nitrogens is 4. The summed E-state index contributed by atoms with van der Waals surface area (Å²) in [5, 5.41) is 22.8. The normalized spacial score (nSPS) is 11.2. The zero-order valence-electron chi connectivity index (χ0n) is 11.4. The molecule has 0 unspecified atom stereocenters. The van der Waals surface area contributed by atoms with E-state index in [1.807, 2.05) is 36.5 Å². The molecular formula is C15H16N4O2. The molecule has 108 valence electrons. The molecule has 6 nitrogen and oxygen atoms in total. The van der Waals surface area contributed by atoms with Crippen molar-refractivity contribution in [3.05, 3.63) is 55.1 Å². The first-order valence-corrected chi connectivity index (χ1v) is 6.68. The Bertz CT molecular complexity index is 685. The second-order valence-corrected chi connectivity index (χ2v) is 4.67. The van der Waals surface area contributed by atoms with Crippen molar-refractivity contribution < 1.29 is 10.2 Å². The number of aliphatic hydroxyl groups is 2. The molecule has 0 spiro atoms. The minimum Gasteiger partial charge on any atom is -0.394 e.